The molecule has 0 atom stereocenters. The van der Waals surface area contributed by atoms with Gasteiger partial charge in [-0.3, -0.25) is 0 Å². The van der Waals surface area contributed by atoms with E-state index < -0.39 is 0 Å². The minimum atomic E-state index is -0.238. The van der Waals surface area contributed by atoms with E-state index in [0.29, 0.717) is 5.92 Å². The van der Waals surface area contributed by atoms with Crippen molar-refractivity contribution in [3.8, 4) is 16.9 Å². The van der Waals surface area contributed by atoms with Gasteiger partial charge in [-0.2, -0.15) is 0 Å². The molecule has 3 heteroatoms. The molecule has 1 aliphatic heterocycles. The maximum Gasteiger partial charge on any atom is 0.183 e. The van der Waals surface area contributed by atoms with E-state index in [-0.39, 0.29) is 6.29 Å². The first kappa shape index (κ1) is 28.5. The summed E-state index contributed by atoms with van der Waals surface area (Å²) in [6.07, 6.45) is 18.3. The van der Waals surface area contributed by atoms with Crippen molar-refractivity contribution in [2.24, 2.45) is 5.92 Å². The van der Waals surface area contributed by atoms with Crippen LogP contribution in [0.1, 0.15) is 102 Å². The molecule has 2 aromatic carbocycles. The van der Waals surface area contributed by atoms with Gasteiger partial charge in [-0.1, -0.05) is 107 Å². The highest BCUT2D eigenvalue weighted by molar-refractivity contribution is 5.64. The molecule has 198 valence electrons. The molecule has 3 rings (SSSR count). The summed E-state index contributed by atoms with van der Waals surface area (Å²) >= 11 is 0. The third-order valence-corrected chi connectivity index (χ3v) is 7.12. The van der Waals surface area contributed by atoms with Gasteiger partial charge in [-0.15, -0.1) is 6.58 Å². The van der Waals surface area contributed by atoms with E-state index >= 15 is 0 Å². The number of ether oxygens (including phenoxy) is 3. The van der Waals surface area contributed by atoms with Gasteiger partial charge < -0.3 is 14.2 Å². The topological polar surface area (TPSA) is 27.7 Å². The van der Waals surface area contributed by atoms with Crippen molar-refractivity contribution in [3.63, 3.8) is 0 Å². The molecule has 3 nitrogen and oxygen atoms in total. The van der Waals surface area contributed by atoms with Gasteiger partial charge in [0.25, 0.3) is 0 Å². The van der Waals surface area contributed by atoms with Crippen LogP contribution in [0.25, 0.3) is 11.1 Å². The number of allylic oxidation sites excluding steroid dienone is 1. The first-order valence-corrected chi connectivity index (χ1v) is 14.5. The number of rotatable bonds is 18. The van der Waals surface area contributed by atoms with Crippen molar-refractivity contribution >= 4 is 0 Å². The molecule has 0 saturated carbocycles. The molecule has 36 heavy (non-hydrogen) atoms. The summed E-state index contributed by atoms with van der Waals surface area (Å²) in [5.41, 5.74) is 3.49. The van der Waals surface area contributed by atoms with E-state index in [2.05, 4.69) is 62.0 Å². The maximum absolute atomic E-state index is 6.07. The Hall–Kier alpha value is -2.10. The van der Waals surface area contributed by atoms with Crippen LogP contribution in [0.5, 0.6) is 5.75 Å². The van der Waals surface area contributed by atoms with Crippen molar-refractivity contribution in [2.75, 3.05) is 19.8 Å². The Morgan fingerprint density at radius 3 is 2.00 bits per heavy atom. The fraction of sp³-hybridized carbons (Fsp3) is 0.576. The zero-order valence-corrected chi connectivity index (χ0v) is 22.6. The molecule has 0 amide bonds. The van der Waals surface area contributed by atoms with Crippen LogP contribution in [-0.4, -0.2) is 19.8 Å². The second-order valence-electron chi connectivity index (χ2n) is 10.3. The van der Waals surface area contributed by atoms with Crippen LogP contribution < -0.4 is 4.74 Å². The van der Waals surface area contributed by atoms with Crippen molar-refractivity contribution < 1.29 is 14.2 Å². The summed E-state index contributed by atoms with van der Waals surface area (Å²) in [6, 6.07) is 17.0. The molecule has 1 fully saturated rings. The van der Waals surface area contributed by atoms with Crippen molar-refractivity contribution in [1.29, 1.82) is 0 Å². The lowest BCUT2D eigenvalue weighted by molar-refractivity contribution is -0.206. The average molecular weight is 493 g/mol. The quantitative estimate of drug-likeness (QED) is 0.153. The van der Waals surface area contributed by atoms with Crippen LogP contribution in [0.2, 0.25) is 0 Å². The van der Waals surface area contributed by atoms with Gasteiger partial charge in [0.05, 0.1) is 19.8 Å². The molecule has 0 radical (unpaired) electrons. The molecule has 2 aromatic rings. The van der Waals surface area contributed by atoms with Crippen LogP contribution in [0.15, 0.2) is 61.2 Å². The highest BCUT2D eigenvalue weighted by Crippen LogP contribution is 2.30. The molecule has 1 aliphatic rings. The second kappa shape index (κ2) is 17.4. The zero-order chi connectivity index (χ0) is 25.3. The monoisotopic (exact) mass is 492 g/mol. The number of benzene rings is 2. The predicted molar refractivity (Wildman–Crippen MR) is 151 cm³/mol. The second-order valence-corrected chi connectivity index (χ2v) is 10.3. The Labute approximate surface area is 220 Å². The summed E-state index contributed by atoms with van der Waals surface area (Å²) in [5, 5.41) is 0. The highest BCUT2D eigenvalue weighted by atomic mass is 16.7. The van der Waals surface area contributed by atoms with E-state index in [1.165, 1.54) is 81.8 Å². The zero-order valence-electron chi connectivity index (χ0n) is 22.6. The van der Waals surface area contributed by atoms with Crippen LogP contribution in [-0.2, 0) is 9.47 Å². The van der Waals surface area contributed by atoms with Gasteiger partial charge in [0.2, 0.25) is 0 Å². The molecule has 1 saturated heterocycles. The Bertz CT molecular complexity index is 819. The lowest BCUT2D eigenvalue weighted by Gasteiger charge is -2.29. The third-order valence-electron chi connectivity index (χ3n) is 7.12. The molecule has 0 bridgehead atoms. The van der Waals surface area contributed by atoms with Gasteiger partial charge in [0.1, 0.15) is 5.75 Å². The molecule has 1 heterocycles. The van der Waals surface area contributed by atoms with E-state index in [0.717, 1.165) is 44.0 Å². The molecule has 0 aliphatic carbocycles. The summed E-state index contributed by atoms with van der Waals surface area (Å²) in [6.45, 7) is 8.44. The van der Waals surface area contributed by atoms with Gasteiger partial charge in [-0.05, 0) is 48.9 Å². The van der Waals surface area contributed by atoms with E-state index in [1.807, 2.05) is 6.08 Å². The Balaban J connectivity index is 1.34. The summed E-state index contributed by atoms with van der Waals surface area (Å²) in [5.74, 6) is 1.48. The standard InChI is InChI=1S/C33H48O3/c1-3-5-7-9-11-13-15-25-34-32-23-21-30(22-24-32)29-17-19-31(20-18-29)33-35-26-28(27-36-33)16-14-12-10-8-6-4-2/h3,17-24,28,33H,1,4-16,25-27H2,2H3. The fourth-order valence-corrected chi connectivity index (χ4v) is 4.80. The SMILES string of the molecule is C=CCCCCCCCOc1ccc(-c2ccc(C3OCC(CCCCCCCC)CO3)cc2)cc1. The first-order valence-electron chi connectivity index (χ1n) is 14.5. The van der Waals surface area contributed by atoms with Crippen LogP contribution in [0, 0.1) is 5.92 Å². The van der Waals surface area contributed by atoms with E-state index in [9.17, 15) is 0 Å². The first-order chi connectivity index (χ1) is 17.8. The number of hydrogen-bond donors (Lipinski definition) is 0. The van der Waals surface area contributed by atoms with Crippen molar-refractivity contribution in [1.82, 2.24) is 0 Å². The van der Waals surface area contributed by atoms with Crippen molar-refractivity contribution in [3.05, 3.63) is 66.7 Å². The number of unbranched alkanes of at least 4 members (excludes halogenated alkanes) is 10. The summed E-state index contributed by atoms with van der Waals surface area (Å²) in [7, 11) is 0. The minimum absolute atomic E-state index is 0.238. The van der Waals surface area contributed by atoms with Crippen molar-refractivity contribution in [2.45, 2.75) is 96.7 Å². The molecule has 0 N–H and O–H groups in total. The number of hydrogen-bond acceptors (Lipinski definition) is 3. The lowest BCUT2D eigenvalue weighted by atomic mass is 10.0. The normalized spacial score (nSPS) is 17.7. The predicted octanol–water partition coefficient (Wildman–Crippen LogP) is 9.67. The molecular formula is C33H48O3. The van der Waals surface area contributed by atoms with Crippen LogP contribution in [0.4, 0.5) is 0 Å². The highest BCUT2D eigenvalue weighted by Gasteiger charge is 2.23. The Morgan fingerprint density at radius 1 is 0.750 bits per heavy atom. The fourth-order valence-electron chi connectivity index (χ4n) is 4.80. The van der Waals surface area contributed by atoms with E-state index in [4.69, 9.17) is 14.2 Å². The van der Waals surface area contributed by atoms with Gasteiger partial charge in [0, 0.05) is 11.5 Å². The maximum atomic E-state index is 6.07. The Morgan fingerprint density at radius 2 is 1.33 bits per heavy atom. The minimum Gasteiger partial charge on any atom is -0.494 e. The molecule has 0 aromatic heterocycles. The largest absolute Gasteiger partial charge is 0.494 e. The van der Waals surface area contributed by atoms with Gasteiger partial charge in [-0.25, -0.2) is 0 Å². The van der Waals surface area contributed by atoms with Crippen LogP contribution in [0.3, 0.4) is 0 Å². The summed E-state index contributed by atoms with van der Waals surface area (Å²) < 4.78 is 18.1. The Kier molecular flexibility index (Phi) is 13.7. The molecular weight excluding hydrogens is 444 g/mol. The lowest BCUT2D eigenvalue weighted by Crippen LogP contribution is -2.27. The molecule has 0 unspecified atom stereocenters. The smallest absolute Gasteiger partial charge is 0.183 e. The van der Waals surface area contributed by atoms with Gasteiger partial charge in [0.15, 0.2) is 6.29 Å². The average Bonchev–Trinajstić information content (AvgIpc) is 2.93. The van der Waals surface area contributed by atoms with Crippen LogP contribution >= 0.6 is 0 Å². The van der Waals surface area contributed by atoms with E-state index in [1.54, 1.807) is 0 Å². The molecule has 0 spiro atoms. The van der Waals surface area contributed by atoms with Gasteiger partial charge >= 0.3 is 0 Å². The summed E-state index contributed by atoms with van der Waals surface area (Å²) in [4.78, 5) is 0. The third kappa shape index (κ3) is 10.5.